The SMILES string of the molecule is O=C=NC(=O)C(F)(F)Cl. The molecule has 0 saturated heterocycles. The highest BCUT2D eigenvalue weighted by Crippen LogP contribution is 2.19. The number of aliphatic imine (C=N–C) groups is 1. The van der Waals surface area contributed by atoms with Crippen molar-refractivity contribution in [3.63, 3.8) is 0 Å². The molecule has 50 valence electrons. The highest BCUT2D eigenvalue weighted by Gasteiger charge is 2.35. The van der Waals surface area contributed by atoms with Crippen LogP contribution in [0.25, 0.3) is 0 Å². The van der Waals surface area contributed by atoms with Gasteiger partial charge in [-0.2, -0.15) is 8.78 Å². The van der Waals surface area contributed by atoms with Crippen LogP contribution in [0.2, 0.25) is 0 Å². The van der Waals surface area contributed by atoms with Gasteiger partial charge in [-0.15, -0.1) is 4.99 Å². The summed E-state index contributed by atoms with van der Waals surface area (Å²) in [6.07, 6.45) is 0.635. The number of carbonyl (C=O) groups is 1. The van der Waals surface area contributed by atoms with Crippen LogP contribution in [0.1, 0.15) is 0 Å². The van der Waals surface area contributed by atoms with Gasteiger partial charge in [-0.1, -0.05) is 0 Å². The second-order valence-corrected chi connectivity index (χ2v) is 1.48. The van der Waals surface area contributed by atoms with E-state index in [1.54, 1.807) is 0 Å². The van der Waals surface area contributed by atoms with Crippen LogP contribution >= 0.6 is 11.6 Å². The zero-order valence-electron chi connectivity index (χ0n) is 3.90. The van der Waals surface area contributed by atoms with Crippen LogP contribution in [0.5, 0.6) is 0 Å². The molecule has 0 fully saturated rings. The number of hydrogen-bond donors (Lipinski definition) is 0. The lowest BCUT2D eigenvalue weighted by Gasteiger charge is -1.96. The molecule has 0 aliphatic carbocycles. The Balaban J connectivity index is 4.22. The maximum absolute atomic E-state index is 11.4. The lowest BCUT2D eigenvalue weighted by molar-refractivity contribution is -0.131. The van der Waals surface area contributed by atoms with Gasteiger partial charge in [0.05, 0.1) is 0 Å². The van der Waals surface area contributed by atoms with Gasteiger partial charge in [0.2, 0.25) is 6.08 Å². The topological polar surface area (TPSA) is 46.5 Å². The van der Waals surface area contributed by atoms with Gasteiger partial charge in [-0.25, -0.2) is 4.79 Å². The zero-order valence-corrected chi connectivity index (χ0v) is 4.65. The summed E-state index contributed by atoms with van der Waals surface area (Å²) >= 11 is 4.11. The molecule has 0 radical (unpaired) electrons. The van der Waals surface area contributed by atoms with Crippen molar-refractivity contribution in [2.75, 3.05) is 0 Å². The van der Waals surface area contributed by atoms with Crippen LogP contribution in [0.3, 0.4) is 0 Å². The molecule has 0 aromatic rings. The van der Waals surface area contributed by atoms with Gasteiger partial charge in [-0.05, 0) is 11.6 Å². The third-order valence-corrected chi connectivity index (χ3v) is 0.551. The van der Waals surface area contributed by atoms with E-state index in [1.807, 2.05) is 0 Å². The Morgan fingerprint density at radius 3 is 2.22 bits per heavy atom. The lowest BCUT2D eigenvalue weighted by atomic mass is 10.7. The normalized spacial score (nSPS) is 10.1. The van der Waals surface area contributed by atoms with E-state index in [0.29, 0.717) is 6.08 Å². The molecule has 0 spiro atoms. The van der Waals surface area contributed by atoms with Crippen molar-refractivity contribution in [2.24, 2.45) is 4.99 Å². The average Bonchev–Trinajstić information content (AvgIpc) is 1.64. The Bertz CT molecular complexity index is 169. The summed E-state index contributed by atoms with van der Waals surface area (Å²) in [7, 11) is 0. The minimum absolute atomic E-state index is 0.635. The quantitative estimate of drug-likeness (QED) is 0.318. The van der Waals surface area contributed by atoms with Gasteiger partial charge < -0.3 is 0 Å². The molecular formula is C3ClF2NO2. The van der Waals surface area contributed by atoms with Crippen LogP contribution in [-0.4, -0.2) is 17.4 Å². The smallest absolute Gasteiger partial charge is 0.263 e. The van der Waals surface area contributed by atoms with Crippen molar-refractivity contribution in [3.8, 4) is 0 Å². The molecule has 0 unspecified atom stereocenters. The first-order valence-corrected chi connectivity index (χ1v) is 2.05. The largest absolute Gasteiger partial charge is 0.402 e. The molecule has 0 atom stereocenters. The van der Waals surface area contributed by atoms with Gasteiger partial charge >= 0.3 is 11.3 Å². The molecule has 9 heavy (non-hydrogen) atoms. The number of isocyanates is 1. The fourth-order valence-corrected chi connectivity index (χ4v) is 0.147. The molecule has 0 aromatic carbocycles. The first kappa shape index (κ1) is 8.20. The number of carbonyl (C=O) groups excluding carboxylic acids is 2. The van der Waals surface area contributed by atoms with Crippen LogP contribution in [0, 0.1) is 0 Å². The van der Waals surface area contributed by atoms with Crippen molar-refractivity contribution in [2.45, 2.75) is 5.38 Å². The molecule has 0 N–H and O–H groups in total. The molecule has 0 aromatic heterocycles. The molecular weight excluding hydrogens is 155 g/mol. The van der Waals surface area contributed by atoms with Crippen LogP contribution in [0.15, 0.2) is 4.99 Å². The van der Waals surface area contributed by atoms with Gasteiger partial charge in [0.25, 0.3) is 0 Å². The fraction of sp³-hybridized carbons (Fsp3) is 0.333. The number of alkyl halides is 3. The lowest BCUT2D eigenvalue weighted by Crippen LogP contribution is -2.18. The van der Waals surface area contributed by atoms with Crippen molar-refractivity contribution in [3.05, 3.63) is 0 Å². The molecule has 0 saturated carbocycles. The number of rotatable bonds is 1. The number of halogens is 3. The van der Waals surface area contributed by atoms with E-state index < -0.39 is 11.3 Å². The van der Waals surface area contributed by atoms with Gasteiger partial charge in [0.1, 0.15) is 0 Å². The Labute approximate surface area is 53.3 Å². The number of amides is 1. The highest BCUT2D eigenvalue weighted by atomic mass is 35.5. The van der Waals surface area contributed by atoms with E-state index in [9.17, 15) is 13.6 Å². The Morgan fingerprint density at radius 2 is 2.11 bits per heavy atom. The zero-order chi connectivity index (χ0) is 7.49. The molecule has 1 amide bonds. The summed E-state index contributed by atoms with van der Waals surface area (Å²) in [5.74, 6) is -2.00. The minimum Gasteiger partial charge on any atom is -0.263 e. The van der Waals surface area contributed by atoms with Crippen molar-refractivity contribution >= 4 is 23.6 Å². The maximum atomic E-state index is 11.4. The molecule has 0 heterocycles. The predicted octanol–water partition coefficient (Wildman–Crippen LogP) is 0.680. The summed E-state index contributed by atoms with van der Waals surface area (Å²) in [6, 6.07) is 0. The van der Waals surface area contributed by atoms with Gasteiger partial charge in [-0.3, -0.25) is 4.79 Å². The van der Waals surface area contributed by atoms with E-state index in [4.69, 9.17) is 4.79 Å². The molecule has 0 rings (SSSR count). The third kappa shape index (κ3) is 2.90. The van der Waals surface area contributed by atoms with Crippen molar-refractivity contribution < 1.29 is 18.4 Å². The summed E-state index contributed by atoms with van der Waals surface area (Å²) in [6.45, 7) is 0. The number of hydrogen-bond acceptors (Lipinski definition) is 2. The van der Waals surface area contributed by atoms with Gasteiger partial charge in [0.15, 0.2) is 0 Å². The van der Waals surface area contributed by atoms with Crippen LogP contribution < -0.4 is 0 Å². The molecule has 0 aliphatic rings. The van der Waals surface area contributed by atoms with Gasteiger partial charge in [0, 0.05) is 0 Å². The van der Waals surface area contributed by atoms with Crippen molar-refractivity contribution in [1.82, 2.24) is 0 Å². The highest BCUT2D eigenvalue weighted by molar-refractivity contribution is 6.32. The summed E-state index contributed by atoms with van der Waals surface area (Å²) in [5, 5.41) is -4.09. The maximum Gasteiger partial charge on any atom is 0.402 e. The van der Waals surface area contributed by atoms with E-state index in [-0.39, 0.29) is 0 Å². The fourth-order valence-electron chi connectivity index (χ4n) is 0.105. The predicted molar refractivity (Wildman–Crippen MR) is 23.9 cm³/mol. The van der Waals surface area contributed by atoms with E-state index in [1.165, 1.54) is 0 Å². The summed E-state index contributed by atoms with van der Waals surface area (Å²) in [5.41, 5.74) is 0. The molecule has 0 bridgehead atoms. The first-order chi connectivity index (χ1) is 3.98. The summed E-state index contributed by atoms with van der Waals surface area (Å²) < 4.78 is 22.9. The van der Waals surface area contributed by atoms with E-state index in [2.05, 4.69) is 16.6 Å². The second kappa shape index (κ2) is 2.66. The second-order valence-electron chi connectivity index (χ2n) is 1.01. The molecule has 3 nitrogen and oxygen atoms in total. The third-order valence-electron chi connectivity index (χ3n) is 0.390. The monoisotopic (exact) mass is 155 g/mol. The van der Waals surface area contributed by atoms with Crippen LogP contribution in [-0.2, 0) is 9.59 Å². The summed E-state index contributed by atoms with van der Waals surface area (Å²) in [4.78, 5) is 21.0. The van der Waals surface area contributed by atoms with Crippen molar-refractivity contribution in [1.29, 1.82) is 0 Å². The number of nitrogens with zero attached hydrogens (tertiary/aromatic N) is 1. The molecule has 6 heteroatoms. The Kier molecular flexibility index (Phi) is 2.42. The minimum atomic E-state index is -4.09. The van der Waals surface area contributed by atoms with E-state index >= 15 is 0 Å². The van der Waals surface area contributed by atoms with E-state index in [0.717, 1.165) is 0 Å². The Hall–Kier alpha value is -0.800. The standard InChI is InChI=1S/C3ClF2NO2/c4-3(5,6)2(9)7-1-8. The molecule has 0 aliphatic heterocycles. The first-order valence-electron chi connectivity index (χ1n) is 1.67. The Morgan fingerprint density at radius 1 is 1.67 bits per heavy atom. The van der Waals surface area contributed by atoms with Crippen LogP contribution in [0.4, 0.5) is 8.78 Å². The average molecular weight is 155 g/mol.